The number of aryl methyl sites for hydroxylation is 1. The number of rotatable bonds is 5. The summed E-state index contributed by atoms with van der Waals surface area (Å²) in [5.41, 5.74) is 10.3. The van der Waals surface area contributed by atoms with Gasteiger partial charge < -0.3 is 0 Å². The van der Waals surface area contributed by atoms with Crippen LogP contribution in [0.2, 0.25) is 0 Å². The molecule has 0 fully saturated rings. The van der Waals surface area contributed by atoms with Crippen LogP contribution in [0.25, 0.3) is 33.0 Å². The van der Waals surface area contributed by atoms with Gasteiger partial charge in [-0.15, -0.1) is 0 Å². The Morgan fingerprint density at radius 2 is 1.18 bits per heavy atom. The standard InChI is InChI=1S/C29H28N3.CH4/c1-18(2)23-13-24(19(3)4)15-25(14-23)20(5)31-27-11-9-22-12-21-8-10-26(30-6)16-28(21)32(7)29(22)17-27;/h8-17H,1,3,6H2,2,4-5,7H3;1H4/q+1;. The first kappa shape index (κ1) is 23.8. The van der Waals surface area contributed by atoms with E-state index in [1.165, 1.54) is 10.8 Å². The molecule has 0 bridgehead atoms. The maximum Gasteiger partial charge on any atom is 0.214 e. The van der Waals surface area contributed by atoms with Crippen LogP contribution in [-0.2, 0) is 7.05 Å². The van der Waals surface area contributed by atoms with Crippen LogP contribution >= 0.6 is 0 Å². The number of nitrogens with zero attached hydrogens (tertiary/aromatic N) is 3. The molecule has 1 aromatic heterocycles. The summed E-state index contributed by atoms with van der Waals surface area (Å²) in [6.45, 7) is 18.0. The molecule has 3 nitrogen and oxygen atoms in total. The minimum Gasteiger partial charge on any atom is -0.264 e. The molecule has 0 atom stereocenters. The Kier molecular flexibility index (Phi) is 6.73. The maximum absolute atomic E-state index is 4.95. The van der Waals surface area contributed by atoms with Crippen molar-refractivity contribution in [1.29, 1.82) is 0 Å². The third-order valence-corrected chi connectivity index (χ3v) is 5.88. The van der Waals surface area contributed by atoms with Crippen LogP contribution in [0.1, 0.15) is 44.9 Å². The molecular weight excluding hydrogens is 402 g/mol. The molecule has 166 valence electrons. The molecule has 1 heterocycles. The van der Waals surface area contributed by atoms with Crippen molar-refractivity contribution in [2.75, 3.05) is 0 Å². The van der Waals surface area contributed by atoms with Gasteiger partial charge in [-0.05, 0) is 92.7 Å². The summed E-state index contributed by atoms with van der Waals surface area (Å²) in [6, 6.07) is 21.1. The van der Waals surface area contributed by atoms with Crippen molar-refractivity contribution in [3.8, 4) is 0 Å². The van der Waals surface area contributed by atoms with Crippen LogP contribution in [0.5, 0.6) is 0 Å². The number of aromatic nitrogens is 1. The average Bonchev–Trinajstić information content (AvgIpc) is 2.79. The van der Waals surface area contributed by atoms with Gasteiger partial charge in [0.2, 0.25) is 11.0 Å². The van der Waals surface area contributed by atoms with Gasteiger partial charge in [0, 0.05) is 28.6 Å². The molecule has 0 aliphatic heterocycles. The average molecular weight is 435 g/mol. The highest BCUT2D eigenvalue weighted by molar-refractivity contribution is 6.02. The van der Waals surface area contributed by atoms with Crippen LogP contribution < -0.4 is 4.57 Å². The van der Waals surface area contributed by atoms with Gasteiger partial charge in [-0.3, -0.25) is 9.98 Å². The van der Waals surface area contributed by atoms with Crippen molar-refractivity contribution in [2.45, 2.75) is 28.2 Å². The number of benzene rings is 3. The number of allylic oxidation sites excluding steroid dienone is 2. The summed E-state index contributed by atoms with van der Waals surface area (Å²) < 4.78 is 2.19. The Bertz CT molecular complexity index is 1420. The monoisotopic (exact) mass is 434 g/mol. The fourth-order valence-electron chi connectivity index (χ4n) is 3.94. The van der Waals surface area contributed by atoms with Crippen molar-refractivity contribution in [3.63, 3.8) is 0 Å². The van der Waals surface area contributed by atoms with Crippen molar-refractivity contribution in [3.05, 3.63) is 90.5 Å². The van der Waals surface area contributed by atoms with Crippen molar-refractivity contribution in [1.82, 2.24) is 0 Å². The van der Waals surface area contributed by atoms with Crippen LogP contribution in [-0.4, -0.2) is 12.4 Å². The number of pyridine rings is 1. The number of fused-ring (bicyclic) bond motifs is 2. The van der Waals surface area contributed by atoms with Crippen molar-refractivity contribution >= 4 is 56.8 Å². The zero-order chi connectivity index (χ0) is 23.0. The Labute approximate surface area is 197 Å². The van der Waals surface area contributed by atoms with Crippen molar-refractivity contribution in [2.24, 2.45) is 17.0 Å². The molecule has 0 aliphatic rings. The number of aliphatic imine (C=N–C) groups is 2. The minimum atomic E-state index is 0. The second kappa shape index (κ2) is 9.33. The third kappa shape index (κ3) is 4.68. The predicted octanol–water partition coefficient (Wildman–Crippen LogP) is 7.99. The van der Waals surface area contributed by atoms with E-state index in [0.29, 0.717) is 0 Å². The van der Waals surface area contributed by atoms with E-state index >= 15 is 0 Å². The molecule has 4 aromatic rings. The zero-order valence-corrected chi connectivity index (χ0v) is 19.2. The first-order valence-electron chi connectivity index (χ1n) is 10.6. The summed E-state index contributed by atoms with van der Waals surface area (Å²) >= 11 is 0. The van der Waals surface area contributed by atoms with Gasteiger partial charge in [-0.2, -0.15) is 4.57 Å². The highest BCUT2D eigenvalue weighted by Gasteiger charge is 2.13. The quantitative estimate of drug-likeness (QED) is 0.173. The molecular formula is C30H32N3+. The molecule has 3 heteroatoms. The normalized spacial score (nSPS) is 11.3. The molecule has 0 unspecified atom stereocenters. The summed E-state index contributed by atoms with van der Waals surface area (Å²) in [6.07, 6.45) is 0. The first-order valence-corrected chi connectivity index (χ1v) is 10.6. The van der Waals surface area contributed by atoms with E-state index in [9.17, 15) is 0 Å². The molecule has 0 radical (unpaired) electrons. The van der Waals surface area contributed by atoms with E-state index in [-0.39, 0.29) is 7.43 Å². The van der Waals surface area contributed by atoms with Gasteiger partial charge in [-0.25, -0.2) is 0 Å². The van der Waals surface area contributed by atoms with E-state index < -0.39 is 0 Å². The fraction of sp³-hybridized carbons (Fsp3) is 0.167. The van der Waals surface area contributed by atoms with Crippen LogP contribution in [0, 0.1) is 0 Å². The summed E-state index contributed by atoms with van der Waals surface area (Å²) in [4.78, 5) is 9.02. The largest absolute Gasteiger partial charge is 0.264 e. The lowest BCUT2D eigenvalue weighted by Gasteiger charge is -2.10. The highest BCUT2D eigenvalue weighted by Crippen LogP contribution is 2.27. The summed E-state index contributed by atoms with van der Waals surface area (Å²) in [5, 5.41) is 2.34. The summed E-state index contributed by atoms with van der Waals surface area (Å²) in [5.74, 6) is 0. The highest BCUT2D eigenvalue weighted by atomic mass is 14.9. The van der Waals surface area contributed by atoms with E-state index in [1.54, 1.807) is 0 Å². The number of hydrogen-bond acceptors (Lipinski definition) is 2. The topological polar surface area (TPSA) is 28.6 Å². The Morgan fingerprint density at radius 3 is 1.70 bits per heavy atom. The molecule has 0 saturated heterocycles. The summed E-state index contributed by atoms with van der Waals surface area (Å²) in [7, 11) is 2.08. The molecule has 4 rings (SSSR count). The molecule has 0 saturated carbocycles. The molecule has 3 aromatic carbocycles. The molecule has 0 N–H and O–H groups in total. The second-order valence-electron chi connectivity index (χ2n) is 8.40. The van der Waals surface area contributed by atoms with Gasteiger partial charge >= 0.3 is 0 Å². The second-order valence-corrected chi connectivity index (χ2v) is 8.40. The Morgan fingerprint density at radius 1 is 0.697 bits per heavy atom. The molecule has 0 amide bonds. The molecule has 0 spiro atoms. The zero-order valence-electron chi connectivity index (χ0n) is 19.2. The van der Waals surface area contributed by atoms with Crippen LogP contribution in [0.15, 0.2) is 83.8 Å². The molecule has 0 aliphatic carbocycles. The van der Waals surface area contributed by atoms with E-state index in [2.05, 4.69) is 91.1 Å². The SMILES string of the molecule is C.C=Nc1ccc2cc3ccc(N=C(C)c4cc(C(=C)C)cc(C(=C)C)c4)cc3[n+](C)c2c1. The van der Waals surface area contributed by atoms with Gasteiger partial charge in [0.15, 0.2) is 0 Å². The third-order valence-electron chi connectivity index (χ3n) is 5.88. The maximum atomic E-state index is 4.95. The van der Waals surface area contributed by atoms with Crippen molar-refractivity contribution < 1.29 is 4.57 Å². The smallest absolute Gasteiger partial charge is 0.214 e. The lowest BCUT2D eigenvalue weighted by molar-refractivity contribution is -0.617. The van der Waals surface area contributed by atoms with E-state index in [0.717, 1.165) is 56.0 Å². The van der Waals surface area contributed by atoms with Gasteiger partial charge in [0.1, 0.15) is 7.05 Å². The predicted molar refractivity (Wildman–Crippen MR) is 146 cm³/mol. The van der Waals surface area contributed by atoms with Gasteiger partial charge in [-0.1, -0.05) is 31.7 Å². The van der Waals surface area contributed by atoms with Gasteiger partial charge in [0.05, 0.1) is 11.4 Å². The first-order chi connectivity index (χ1) is 15.3. The minimum absolute atomic E-state index is 0. The number of hydrogen-bond donors (Lipinski definition) is 0. The van der Waals surface area contributed by atoms with E-state index in [4.69, 9.17) is 4.99 Å². The lowest BCUT2D eigenvalue weighted by Crippen LogP contribution is -2.29. The van der Waals surface area contributed by atoms with Gasteiger partial charge in [0.25, 0.3) is 0 Å². The lowest BCUT2D eigenvalue weighted by atomic mass is 9.96. The fourth-order valence-corrected chi connectivity index (χ4v) is 3.94. The molecule has 33 heavy (non-hydrogen) atoms. The van der Waals surface area contributed by atoms with Crippen LogP contribution in [0.4, 0.5) is 11.4 Å². The Balaban J connectivity index is 0.00000306. The Hall–Kier alpha value is -3.85. The van der Waals surface area contributed by atoms with E-state index in [1.807, 2.05) is 26.8 Å². The van der Waals surface area contributed by atoms with Crippen LogP contribution in [0.3, 0.4) is 0 Å².